The van der Waals surface area contributed by atoms with Gasteiger partial charge in [-0.15, -0.1) is 0 Å². The van der Waals surface area contributed by atoms with Crippen molar-refractivity contribution in [2.75, 3.05) is 13.2 Å². The summed E-state index contributed by atoms with van der Waals surface area (Å²) < 4.78 is 17.0. The molecule has 0 radical (unpaired) electrons. The van der Waals surface area contributed by atoms with Gasteiger partial charge in [0.05, 0.1) is 0 Å². The van der Waals surface area contributed by atoms with Crippen LogP contribution in [-0.4, -0.2) is 37.2 Å². The molecular weight excluding hydrogens is 997 g/mol. The fourth-order valence-electron chi connectivity index (χ4n) is 10.4. The van der Waals surface area contributed by atoms with E-state index in [0.29, 0.717) is 19.3 Å². The Bertz CT molecular complexity index is 1490. The van der Waals surface area contributed by atoms with Crippen LogP contribution in [-0.2, 0) is 28.6 Å². The molecule has 470 valence electrons. The monoisotopic (exact) mass is 1130 g/mol. The van der Waals surface area contributed by atoms with Crippen molar-refractivity contribution in [2.24, 2.45) is 0 Å². The number of carbonyl (C=O) groups excluding carboxylic acids is 3. The predicted molar refractivity (Wildman–Crippen MR) is 353 cm³/mol. The van der Waals surface area contributed by atoms with Crippen molar-refractivity contribution in [1.29, 1.82) is 0 Å². The standard InChI is InChI=1S/C75H134O6/c1-4-7-10-13-16-19-22-25-28-31-34-35-36-37-38-39-42-44-47-50-53-56-59-62-65-68-74(77)80-71-72(81-75(78)69-66-63-60-57-54-51-48-45-41-33-30-27-24-21-18-15-12-9-6-3)70-79-73(76)67-64-61-58-55-52-49-46-43-40-32-29-26-23-20-17-14-11-8-5-2/h7,10,16,19,25-30,34-35,72H,4-6,8-9,11-15,17-18,20-24,31-33,36-71H2,1-3H3/b10-7-,19-16-,28-25-,29-26-,30-27-,35-34-. The molecule has 0 aromatic carbocycles. The van der Waals surface area contributed by atoms with E-state index in [1.807, 2.05) is 0 Å². The average molecular weight is 1130 g/mol. The molecule has 0 aromatic heterocycles. The molecule has 1 atom stereocenters. The Hall–Kier alpha value is -3.15. The summed E-state index contributed by atoms with van der Waals surface area (Å²) >= 11 is 0. The molecule has 1 unspecified atom stereocenters. The fraction of sp³-hybridized carbons (Fsp3) is 0.800. The highest BCUT2D eigenvalue weighted by Gasteiger charge is 2.19. The lowest BCUT2D eigenvalue weighted by molar-refractivity contribution is -0.167. The molecule has 0 saturated heterocycles. The van der Waals surface area contributed by atoms with Gasteiger partial charge in [0.25, 0.3) is 0 Å². The summed E-state index contributed by atoms with van der Waals surface area (Å²) in [6.07, 6.45) is 90.6. The lowest BCUT2D eigenvalue weighted by Crippen LogP contribution is -2.30. The number of hydrogen-bond donors (Lipinski definition) is 0. The Morgan fingerprint density at radius 2 is 0.481 bits per heavy atom. The van der Waals surface area contributed by atoms with Crippen molar-refractivity contribution in [3.8, 4) is 0 Å². The molecule has 0 heterocycles. The molecule has 0 rings (SSSR count). The third-order valence-corrected chi connectivity index (χ3v) is 15.7. The number of ether oxygens (including phenoxy) is 3. The van der Waals surface area contributed by atoms with Crippen LogP contribution in [0.1, 0.15) is 367 Å². The van der Waals surface area contributed by atoms with Crippen LogP contribution >= 0.6 is 0 Å². The summed E-state index contributed by atoms with van der Waals surface area (Å²) in [6, 6.07) is 0. The molecule has 0 aliphatic heterocycles. The number of rotatable bonds is 65. The van der Waals surface area contributed by atoms with Crippen LogP contribution in [0.4, 0.5) is 0 Å². The second-order valence-corrected chi connectivity index (χ2v) is 23.8. The first-order valence-corrected chi connectivity index (χ1v) is 35.4. The van der Waals surface area contributed by atoms with Gasteiger partial charge in [-0.25, -0.2) is 0 Å². The predicted octanol–water partition coefficient (Wildman–Crippen LogP) is 24.4. The summed E-state index contributed by atoms with van der Waals surface area (Å²) in [5, 5.41) is 0. The molecule has 0 fully saturated rings. The molecule has 0 aliphatic rings. The van der Waals surface area contributed by atoms with Crippen LogP contribution in [0.3, 0.4) is 0 Å². The third-order valence-electron chi connectivity index (χ3n) is 15.7. The van der Waals surface area contributed by atoms with Crippen LogP contribution in [0.25, 0.3) is 0 Å². The minimum Gasteiger partial charge on any atom is -0.462 e. The second-order valence-electron chi connectivity index (χ2n) is 23.8. The van der Waals surface area contributed by atoms with Gasteiger partial charge in [-0.1, -0.05) is 312 Å². The highest BCUT2D eigenvalue weighted by molar-refractivity contribution is 5.71. The van der Waals surface area contributed by atoms with E-state index in [1.54, 1.807) is 0 Å². The normalized spacial score (nSPS) is 12.5. The summed E-state index contributed by atoms with van der Waals surface area (Å²) in [7, 11) is 0. The summed E-state index contributed by atoms with van der Waals surface area (Å²) in [4.78, 5) is 38.5. The van der Waals surface area contributed by atoms with Crippen LogP contribution in [0.15, 0.2) is 72.9 Å². The number of unbranched alkanes of at least 4 members (excludes halogenated alkanes) is 42. The van der Waals surface area contributed by atoms with E-state index in [-0.39, 0.29) is 31.1 Å². The van der Waals surface area contributed by atoms with Crippen LogP contribution in [0.2, 0.25) is 0 Å². The van der Waals surface area contributed by atoms with Crippen molar-refractivity contribution < 1.29 is 28.6 Å². The molecule has 0 aliphatic carbocycles. The minimum absolute atomic E-state index is 0.0745. The maximum absolute atomic E-state index is 13.0. The number of allylic oxidation sites excluding steroid dienone is 12. The van der Waals surface area contributed by atoms with Crippen molar-refractivity contribution >= 4 is 17.9 Å². The van der Waals surface area contributed by atoms with Crippen molar-refractivity contribution in [1.82, 2.24) is 0 Å². The molecule has 6 nitrogen and oxygen atoms in total. The van der Waals surface area contributed by atoms with Crippen LogP contribution in [0.5, 0.6) is 0 Å². The molecule has 0 saturated carbocycles. The van der Waals surface area contributed by atoms with Gasteiger partial charge in [0.15, 0.2) is 6.10 Å². The number of hydrogen-bond acceptors (Lipinski definition) is 6. The Kier molecular flexibility index (Phi) is 66.6. The zero-order valence-corrected chi connectivity index (χ0v) is 54.1. The highest BCUT2D eigenvalue weighted by atomic mass is 16.6. The van der Waals surface area contributed by atoms with Crippen molar-refractivity contribution in [2.45, 2.75) is 374 Å². The molecule has 0 bridgehead atoms. The van der Waals surface area contributed by atoms with Gasteiger partial charge >= 0.3 is 17.9 Å². The maximum atomic E-state index is 13.0. The van der Waals surface area contributed by atoms with Gasteiger partial charge in [-0.3, -0.25) is 14.4 Å². The van der Waals surface area contributed by atoms with E-state index in [1.165, 1.54) is 244 Å². The zero-order chi connectivity index (χ0) is 58.5. The number of esters is 3. The first kappa shape index (κ1) is 77.9. The van der Waals surface area contributed by atoms with Gasteiger partial charge < -0.3 is 14.2 Å². The summed E-state index contributed by atoms with van der Waals surface area (Å²) in [5.74, 6) is -0.858. The van der Waals surface area contributed by atoms with E-state index in [0.717, 1.165) is 83.5 Å². The van der Waals surface area contributed by atoms with E-state index in [2.05, 4.69) is 93.7 Å². The van der Waals surface area contributed by atoms with Crippen LogP contribution in [0, 0.1) is 0 Å². The summed E-state index contributed by atoms with van der Waals surface area (Å²) in [5.41, 5.74) is 0. The van der Waals surface area contributed by atoms with Crippen LogP contribution < -0.4 is 0 Å². The molecule has 0 N–H and O–H groups in total. The first-order chi connectivity index (χ1) is 40.0. The van der Waals surface area contributed by atoms with E-state index in [4.69, 9.17) is 14.2 Å². The van der Waals surface area contributed by atoms with E-state index >= 15 is 0 Å². The molecule has 6 heteroatoms. The van der Waals surface area contributed by atoms with Crippen molar-refractivity contribution in [3.05, 3.63) is 72.9 Å². The molecule has 0 spiro atoms. The third kappa shape index (κ3) is 67.5. The van der Waals surface area contributed by atoms with Crippen molar-refractivity contribution in [3.63, 3.8) is 0 Å². The maximum Gasteiger partial charge on any atom is 0.306 e. The second kappa shape index (κ2) is 69.3. The van der Waals surface area contributed by atoms with Gasteiger partial charge in [-0.2, -0.15) is 0 Å². The summed E-state index contributed by atoms with van der Waals surface area (Å²) in [6.45, 7) is 6.57. The minimum atomic E-state index is -0.779. The van der Waals surface area contributed by atoms with E-state index in [9.17, 15) is 14.4 Å². The largest absolute Gasteiger partial charge is 0.462 e. The SMILES string of the molecule is CC/C=C\C/C=C\C/C=C\C/C=C\CCCCCCCCCCCCCCC(=O)OCC(COC(=O)CCCCCCCCCCC/C=C\CCCCCCCC)OC(=O)CCCCCCCCCCC/C=C\CCCCCCCC. The lowest BCUT2D eigenvalue weighted by Gasteiger charge is -2.18. The molecular formula is C75H134O6. The quantitative estimate of drug-likeness (QED) is 0.0261. The smallest absolute Gasteiger partial charge is 0.306 e. The van der Waals surface area contributed by atoms with E-state index < -0.39 is 6.10 Å². The Morgan fingerprint density at radius 1 is 0.259 bits per heavy atom. The first-order valence-electron chi connectivity index (χ1n) is 35.4. The zero-order valence-electron chi connectivity index (χ0n) is 54.1. The van der Waals surface area contributed by atoms with Gasteiger partial charge in [-0.05, 0) is 109 Å². The molecule has 0 amide bonds. The average Bonchev–Trinajstić information content (AvgIpc) is 3.47. The molecule has 0 aromatic rings. The Balaban J connectivity index is 4.33. The molecule has 81 heavy (non-hydrogen) atoms. The number of carbonyl (C=O) groups is 3. The van der Waals surface area contributed by atoms with Gasteiger partial charge in [0.2, 0.25) is 0 Å². The van der Waals surface area contributed by atoms with Gasteiger partial charge in [0.1, 0.15) is 13.2 Å². The Labute approximate surface area is 503 Å². The van der Waals surface area contributed by atoms with Gasteiger partial charge in [0, 0.05) is 19.3 Å². The Morgan fingerprint density at radius 3 is 0.765 bits per heavy atom. The fourth-order valence-corrected chi connectivity index (χ4v) is 10.4. The highest BCUT2D eigenvalue weighted by Crippen LogP contribution is 2.17. The topological polar surface area (TPSA) is 78.9 Å². The lowest BCUT2D eigenvalue weighted by atomic mass is 10.0.